The average molecular weight is 414 g/mol. The Hall–Kier alpha value is -1.04. The summed E-state index contributed by atoms with van der Waals surface area (Å²) >= 11 is 6.94. The van der Waals surface area contributed by atoms with E-state index in [1.807, 2.05) is 30.3 Å². The van der Waals surface area contributed by atoms with Gasteiger partial charge in [0.15, 0.2) is 0 Å². The van der Waals surface area contributed by atoms with Gasteiger partial charge in [0.25, 0.3) is 0 Å². The lowest BCUT2D eigenvalue weighted by atomic mass is 10.1. The Morgan fingerprint density at radius 2 is 1.90 bits per heavy atom. The maximum absolute atomic E-state index is 9.18. The molecular weight excluding hydrogens is 400 g/mol. The summed E-state index contributed by atoms with van der Waals surface area (Å²) in [7, 11) is 0. The van der Waals surface area contributed by atoms with Crippen LogP contribution in [0.5, 0.6) is 11.5 Å². The van der Waals surface area contributed by atoms with Crippen LogP contribution in [0.4, 0.5) is 0 Å². The molecule has 21 heavy (non-hydrogen) atoms. The molecule has 0 saturated carbocycles. The van der Waals surface area contributed by atoms with Crippen molar-refractivity contribution in [2.24, 2.45) is 0 Å². The fourth-order valence-electron chi connectivity index (χ4n) is 2.36. The van der Waals surface area contributed by atoms with Crippen LogP contribution in [0.3, 0.4) is 0 Å². The highest BCUT2D eigenvalue weighted by atomic mass is 79.9. The largest absolute Gasteiger partial charge is 0.487 e. The number of rotatable bonds is 4. The normalized spacial score (nSPS) is 16.4. The maximum atomic E-state index is 9.18. The summed E-state index contributed by atoms with van der Waals surface area (Å²) in [5.74, 6) is 1.67. The minimum Gasteiger partial charge on any atom is -0.487 e. The molecule has 1 atom stereocenters. The molecule has 3 rings (SSSR count). The number of ether oxygens (including phenoxy) is 2. The van der Waals surface area contributed by atoms with Gasteiger partial charge in [-0.2, -0.15) is 0 Å². The molecule has 1 unspecified atom stereocenters. The number of para-hydroxylation sites is 1. The molecule has 1 aliphatic rings. The molecule has 5 heteroatoms. The van der Waals surface area contributed by atoms with Gasteiger partial charge in [0.2, 0.25) is 0 Å². The zero-order chi connectivity index (χ0) is 14.8. The summed E-state index contributed by atoms with van der Waals surface area (Å²) in [5.41, 5.74) is 2.05. The molecule has 0 radical (unpaired) electrons. The standard InChI is InChI=1S/C16H14Br2O3/c17-13-5-10(8-19)6-14(18)16(13)20-9-12-7-11-3-1-2-4-15(11)21-12/h1-6,12,19H,7-9H2. The Kier molecular flexibility index (Phi) is 4.52. The summed E-state index contributed by atoms with van der Waals surface area (Å²) < 4.78 is 13.4. The third-order valence-electron chi connectivity index (χ3n) is 3.37. The Balaban J connectivity index is 1.67. The lowest BCUT2D eigenvalue weighted by Gasteiger charge is -2.15. The highest BCUT2D eigenvalue weighted by Crippen LogP contribution is 2.36. The molecule has 0 fully saturated rings. The third kappa shape index (κ3) is 3.25. The van der Waals surface area contributed by atoms with Gasteiger partial charge >= 0.3 is 0 Å². The van der Waals surface area contributed by atoms with Crippen molar-refractivity contribution in [3.8, 4) is 11.5 Å². The van der Waals surface area contributed by atoms with Gasteiger partial charge in [-0.05, 0) is 61.2 Å². The van der Waals surface area contributed by atoms with Crippen molar-refractivity contribution < 1.29 is 14.6 Å². The Bertz CT molecular complexity index is 610. The smallest absolute Gasteiger partial charge is 0.147 e. The number of benzene rings is 2. The molecule has 0 spiro atoms. The van der Waals surface area contributed by atoms with E-state index < -0.39 is 0 Å². The number of hydrogen-bond donors (Lipinski definition) is 1. The zero-order valence-electron chi connectivity index (χ0n) is 11.2. The first kappa shape index (κ1) is 14.9. The maximum Gasteiger partial charge on any atom is 0.147 e. The second-order valence-corrected chi connectivity index (χ2v) is 6.62. The van der Waals surface area contributed by atoms with Gasteiger partial charge in [-0.1, -0.05) is 18.2 Å². The van der Waals surface area contributed by atoms with Crippen LogP contribution in [0.15, 0.2) is 45.3 Å². The lowest BCUT2D eigenvalue weighted by Crippen LogP contribution is -2.22. The molecule has 2 aromatic carbocycles. The number of aliphatic hydroxyl groups is 1. The van der Waals surface area contributed by atoms with Crippen molar-refractivity contribution in [1.29, 1.82) is 0 Å². The van der Waals surface area contributed by atoms with Crippen LogP contribution in [0, 0.1) is 0 Å². The van der Waals surface area contributed by atoms with E-state index in [0.717, 1.165) is 32.4 Å². The molecule has 0 saturated heterocycles. The quantitative estimate of drug-likeness (QED) is 0.820. The first-order valence-corrected chi connectivity index (χ1v) is 8.22. The number of fused-ring (bicyclic) bond motifs is 1. The van der Waals surface area contributed by atoms with Crippen molar-refractivity contribution in [1.82, 2.24) is 0 Å². The van der Waals surface area contributed by atoms with E-state index in [0.29, 0.717) is 6.61 Å². The van der Waals surface area contributed by atoms with Gasteiger partial charge in [-0.3, -0.25) is 0 Å². The zero-order valence-corrected chi connectivity index (χ0v) is 14.4. The molecule has 2 aromatic rings. The SMILES string of the molecule is OCc1cc(Br)c(OCC2Cc3ccccc3O2)c(Br)c1. The van der Waals surface area contributed by atoms with Crippen LogP contribution in [0.25, 0.3) is 0 Å². The Morgan fingerprint density at radius 1 is 1.19 bits per heavy atom. The molecular formula is C16H14Br2O3. The van der Waals surface area contributed by atoms with Crippen molar-refractivity contribution in [3.05, 3.63) is 56.5 Å². The van der Waals surface area contributed by atoms with Gasteiger partial charge in [0.1, 0.15) is 24.2 Å². The van der Waals surface area contributed by atoms with E-state index in [4.69, 9.17) is 9.47 Å². The number of hydrogen-bond acceptors (Lipinski definition) is 3. The van der Waals surface area contributed by atoms with Gasteiger partial charge in [-0.25, -0.2) is 0 Å². The predicted octanol–water partition coefficient (Wildman–Crippen LogP) is 4.09. The molecule has 110 valence electrons. The fourth-order valence-corrected chi connectivity index (χ4v) is 3.87. The second-order valence-electron chi connectivity index (χ2n) is 4.91. The Labute approximate surface area is 140 Å². The van der Waals surface area contributed by atoms with E-state index >= 15 is 0 Å². The topological polar surface area (TPSA) is 38.7 Å². The van der Waals surface area contributed by atoms with Crippen LogP contribution >= 0.6 is 31.9 Å². The van der Waals surface area contributed by atoms with Gasteiger partial charge in [0, 0.05) is 6.42 Å². The third-order valence-corrected chi connectivity index (χ3v) is 4.55. The minimum absolute atomic E-state index is 0.00146. The number of halogens is 2. The summed E-state index contributed by atoms with van der Waals surface area (Å²) in [5, 5.41) is 9.18. The first-order chi connectivity index (χ1) is 10.2. The first-order valence-electron chi connectivity index (χ1n) is 6.63. The van der Waals surface area contributed by atoms with Gasteiger partial charge < -0.3 is 14.6 Å². The molecule has 0 aromatic heterocycles. The van der Waals surface area contributed by atoms with Crippen LogP contribution in [-0.2, 0) is 13.0 Å². The Morgan fingerprint density at radius 3 is 2.57 bits per heavy atom. The van der Waals surface area contributed by atoms with Crippen molar-refractivity contribution in [2.75, 3.05) is 6.61 Å². The molecule has 1 aliphatic heterocycles. The minimum atomic E-state index is -0.00146. The van der Waals surface area contributed by atoms with Crippen LogP contribution < -0.4 is 9.47 Å². The van der Waals surface area contributed by atoms with Gasteiger partial charge in [-0.15, -0.1) is 0 Å². The molecule has 3 nitrogen and oxygen atoms in total. The summed E-state index contributed by atoms with van der Waals surface area (Å²) in [6.45, 7) is 0.475. The molecule has 1 N–H and O–H groups in total. The monoisotopic (exact) mass is 412 g/mol. The molecule has 0 aliphatic carbocycles. The molecule has 1 heterocycles. The van der Waals surface area contributed by atoms with Gasteiger partial charge in [0.05, 0.1) is 15.6 Å². The fraction of sp³-hybridized carbons (Fsp3) is 0.250. The van der Waals surface area contributed by atoms with E-state index in [-0.39, 0.29) is 12.7 Å². The highest BCUT2D eigenvalue weighted by molar-refractivity contribution is 9.11. The predicted molar refractivity (Wildman–Crippen MR) is 87.8 cm³/mol. The average Bonchev–Trinajstić information content (AvgIpc) is 2.88. The van der Waals surface area contributed by atoms with E-state index in [1.165, 1.54) is 5.56 Å². The second kappa shape index (κ2) is 6.38. The summed E-state index contributed by atoms with van der Waals surface area (Å²) in [4.78, 5) is 0. The van der Waals surface area contributed by atoms with E-state index in [9.17, 15) is 5.11 Å². The van der Waals surface area contributed by atoms with Crippen molar-refractivity contribution in [3.63, 3.8) is 0 Å². The van der Waals surface area contributed by atoms with E-state index in [2.05, 4.69) is 37.9 Å². The van der Waals surface area contributed by atoms with Crippen molar-refractivity contribution in [2.45, 2.75) is 19.1 Å². The van der Waals surface area contributed by atoms with Crippen LogP contribution in [0.1, 0.15) is 11.1 Å². The molecule has 0 amide bonds. The molecule has 0 bridgehead atoms. The van der Waals surface area contributed by atoms with Crippen LogP contribution in [-0.4, -0.2) is 17.8 Å². The van der Waals surface area contributed by atoms with E-state index in [1.54, 1.807) is 0 Å². The highest BCUT2D eigenvalue weighted by Gasteiger charge is 2.23. The summed E-state index contributed by atoms with van der Waals surface area (Å²) in [6, 6.07) is 11.8. The van der Waals surface area contributed by atoms with Crippen molar-refractivity contribution >= 4 is 31.9 Å². The number of aliphatic hydroxyl groups excluding tert-OH is 1. The van der Waals surface area contributed by atoms with Crippen LogP contribution in [0.2, 0.25) is 0 Å². The lowest BCUT2D eigenvalue weighted by molar-refractivity contribution is 0.147. The summed E-state index contributed by atoms with van der Waals surface area (Å²) in [6.07, 6.45) is 0.888.